The highest BCUT2D eigenvalue weighted by Gasteiger charge is 2.17. The molecular formula is C6H7BrN2O. The lowest BCUT2D eigenvalue weighted by atomic mass is 10.2. The molecule has 1 unspecified atom stereocenters. The Hall–Kier alpha value is -0.640. The van der Waals surface area contributed by atoms with Crippen molar-refractivity contribution in [3.05, 3.63) is 11.8 Å². The smallest absolute Gasteiger partial charge is 0.263 e. The van der Waals surface area contributed by atoms with Gasteiger partial charge in [-0.3, -0.25) is 4.79 Å². The van der Waals surface area contributed by atoms with Crippen LogP contribution in [0.3, 0.4) is 0 Å². The summed E-state index contributed by atoms with van der Waals surface area (Å²) in [5.41, 5.74) is 6.65. The van der Waals surface area contributed by atoms with E-state index < -0.39 is 0 Å². The van der Waals surface area contributed by atoms with Crippen molar-refractivity contribution < 1.29 is 4.79 Å². The molecule has 4 heteroatoms. The monoisotopic (exact) mass is 202 g/mol. The second-order valence-corrected chi connectivity index (χ2v) is 3.05. The minimum atomic E-state index is -0.337. The normalized spacial score (nSPS) is 25.8. The Bertz CT molecular complexity index is 232. The maximum atomic E-state index is 10.8. The summed E-state index contributed by atoms with van der Waals surface area (Å²) < 4.78 is 0. The molecule has 0 aliphatic carbocycles. The van der Waals surface area contributed by atoms with Crippen molar-refractivity contribution in [3.63, 3.8) is 0 Å². The van der Waals surface area contributed by atoms with E-state index in [1.165, 1.54) is 0 Å². The number of halogens is 1. The first-order valence-corrected chi connectivity index (χ1v) is 3.73. The van der Waals surface area contributed by atoms with Crippen LogP contribution in [-0.2, 0) is 4.79 Å². The van der Waals surface area contributed by atoms with Crippen molar-refractivity contribution in [2.24, 2.45) is 10.7 Å². The van der Waals surface area contributed by atoms with Gasteiger partial charge in [-0.1, -0.05) is 15.9 Å². The topological polar surface area (TPSA) is 55.5 Å². The highest BCUT2D eigenvalue weighted by atomic mass is 79.9. The van der Waals surface area contributed by atoms with Crippen molar-refractivity contribution in [2.75, 3.05) is 0 Å². The number of hydrogen-bond donors (Lipinski definition) is 1. The number of amides is 1. The SMILES string of the molecule is CC1=NC(=O)C(Br)C=C1N. The molecule has 0 saturated heterocycles. The first-order valence-electron chi connectivity index (χ1n) is 2.82. The maximum absolute atomic E-state index is 10.8. The van der Waals surface area contributed by atoms with E-state index in [-0.39, 0.29) is 10.7 Å². The molecule has 0 bridgehead atoms. The molecule has 2 N–H and O–H groups in total. The quantitative estimate of drug-likeness (QED) is 0.586. The molecule has 10 heavy (non-hydrogen) atoms. The zero-order chi connectivity index (χ0) is 7.72. The Morgan fingerprint density at radius 2 is 2.40 bits per heavy atom. The fourth-order valence-corrected chi connectivity index (χ4v) is 1.03. The largest absolute Gasteiger partial charge is 0.397 e. The Balaban J connectivity index is 2.94. The van der Waals surface area contributed by atoms with E-state index in [1.54, 1.807) is 13.0 Å². The molecule has 0 aromatic carbocycles. The highest BCUT2D eigenvalue weighted by Crippen LogP contribution is 2.11. The molecule has 1 atom stereocenters. The van der Waals surface area contributed by atoms with Gasteiger partial charge in [0.25, 0.3) is 5.91 Å². The molecular weight excluding hydrogens is 196 g/mol. The van der Waals surface area contributed by atoms with Crippen LogP contribution in [0, 0.1) is 0 Å². The van der Waals surface area contributed by atoms with Crippen LogP contribution in [0.5, 0.6) is 0 Å². The number of dihydropyridines is 1. The molecule has 0 spiro atoms. The van der Waals surface area contributed by atoms with Gasteiger partial charge in [0.05, 0.1) is 11.4 Å². The van der Waals surface area contributed by atoms with Crippen LogP contribution in [-0.4, -0.2) is 16.4 Å². The van der Waals surface area contributed by atoms with Crippen LogP contribution in [0.4, 0.5) is 0 Å². The first kappa shape index (κ1) is 7.47. The van der Waals surface area contributed by atoms with Gasteiger partial charge in [-0.05, 0) is 13.0 Å². The number of carbonyl (C=O) groups is 1. The Morgan fingerprint density at radius 1 is 1.80 bits per heavy atom. The standard InChI is InChI=1S/C6H7BrN2O/c1-3-5(8)2-4(7)6(10)9-3/h2,4H,8H2,1H3. The first-order chi connectivity index (χ1) is 4.61. The Labute approximate surface area is 67.1 Å². The van der Waals surface area contributed by atoms with Gasteiger partial charge in [-0.2, -0.15) is 0 Å². The number of nitrogens with zero attached hydrogens (tertiary/aromatic N) is 1. The fraction of sp³-hybridized carbons (Fsp3) is 0.333. The summed E-state index contributed by atoms with van der Waals surface area (Å²) in [4.78, 5) is 14.2. The van der Waals surface area contributed by atoms with Crippen LogP contribution in [0.25, 0.3) is 0 Å². The van der Waals surface area contributed by atoms with Crippen LogP contribution in [0.1, 0.15) is 6.92 Å². The maximum Gasteiger partial charge on any atom is 0.263 e. The van der Waals surface area contributed by atoms with Crippen LogP contribution < -0.4 is 5.73 Å². The predicted octanol–water partition coefficient (Wildman–Crippen LogP) is 0.594. The average Bonchev–Trinajstić information content (AvgIpc) is 1.84. The van der Waals surface area contributed by atoms with Crippen LogP contribution >= 0.6 is 15.9 Å². The number of carbonyl (C=O) groups excluding carboxylic acids is 1. The number of hydrogen-bond acceptors (Lipinski definition) is 2. The fourth-order valence-electron chi connectivity index (χ4n) is 0.641. The predicted molar refractivity (Wildman–Crippen MR) is 43.1 cm³/mol. The number of alkyl halides is 1. The lowest BCUT2D eigenvalue weighted by Gasteiger charge is -2.09. The minimum Gasteiger partial charge on any atom is -0.397 e. The summed E-state index contributed by atoms with van der Waals surface area (Å²) in [6.45, 7) is 1.71. The third-order valence-electron chi connectivity index (χ3n) is 1.26. The second kappa shape index (κ2) is 2.54. The summed E-state index contributed by atoms with van der Waals surface area (Å²) in [5, 5.41) is 0. The summed E-state index contributed by atoms with van der Waals surface area (Å²) >= 11 is 3.11. The van der Waals surface area contributed by atoms with Crippen molar-refractivity contribution in [1.29, 1.82) is 0 Å². The van der Waals surface area contributed by atoms with E-state index >= 15 is 0 Å². The summed E-state index contributed by atoms with van der Waals surface area (Å²) in [7, 11) is 0. The van der Waals surface area contributed by atoms with E-state index in [2.05, 4.69) is 20.9 Å². The molecule has 1 aliphatic heterocycles. The van der Waals surface area contributed by atoms with Gasteiger partial charge in [-0.25, -0.2) is 4.99 Å². The molecule has 54 valence electrons. The Kier molecular flexibility index (Phi) is 1.89. The van der Waals surface area contributed by atoms with Crippen molar-refractivity contribution in [1.82, 2.24) is 0 Å². The molecule has 3 nitrogen and oxygen atoms in total. The summed E-state index contributed by atoms with van der Waals surface area (Å²) in [5.74, 6) is -0.188. The molecule has 0 saturated carbocycles. The van der Waals surface area contributed by atoms with Gasteiger partial charge < -0.3 is 5.73 Å². The molecule has 0 aromatic heterocycles. The molecule has 1 heterocycles. The summed E-state index contributed by atoms with van der Waals surface area (Å²) in [6.07, 6.45) is 1.64. The lowest BCUT2D eigenvalue weighted by molar-refractivity contribution is -0.116. The zero-order valence-electron chi connectivity index (χ0n) is 5.47. The number of aliphatic imine (C=N–C) groups is 1. The number of nitrogens with two attached hydrogens (primary N) is 1. The van der Waals surface area contributed by atoms with Gasteiger partial charge in [-0.15, -0.1) is 0 Å². The molecule has 0 radical (unpaired) electrons. The lowest BCUT2D eigenvalue weighted by Crippen LogP contribution is -2.22. The van der Waals surface area contributed by atoms with E-state index in [0.717, 1.165) is 0 Å². The van der Waals surface area contributed by atoms with Gasteiger partial charge in [0.1, 0.15) is 4.83 Å². The van der Waals surface area contributed by atoms with Gasteiger partial charge in [0.2, 0.25) is 0 Å². The number of allylic oxidation sites excluding steroid dienone is 1. The van der Waals surface area contributed by atoms with E-state index in [9.17, 15) is 4.79 Å². The van der Waals surface area contributed by atoms with Crippen LogP contribution in [0.15, 0.2) is 16.8 Å². The van der Waals surface area contributed by atoms with Crippen molar-refractivity contribution in [2.45, 2.75) is 11.8 Å². The van der Waals surface area contributed by atoms with Gasteiger partial charge in [0, 0.05) is 0 Å². The molecule has 1 amide bonds. The highest BCUT2D eigenvalue weighted by molar-refractivity contribution is 9.10. The molecule has 0 aromatic rings. The molecule has 0 fully saturated rings. The molecule has 1 aliphatic rings. The molecule has 1 rings (SSSR count). The van der Waals surface area contributed by atoms with E-state index in [1.807, 2.05) is 0 Å². The zero-order valence-corrected chi connectivity index (χ0v) is 7.05. The minimum absolute atomic E-state index is 0.188. The second-order valence-electron chi connectivity index (χ2n) is 2.06. The van der Waals surface area contributed by atoms with Crippen LogP contribution in [0.2, 0.25) is 0 Å². The van der Waals surface area contributed by atoms with Crippen molar-refractivity contribution in [3.8, 4) is 0 Å². The third-order valence-corrected chi connectivity index (χ3v) is 1.91. The van der Waals surface area contributed by atoms with E-state index in [0.29, 0.717) is 11.4 Å². The van der Waals surface area contributed by atoms with E-state index in [4.69, 9.17) is 5.73 Å². The van der Waals surface area contributed by atoms with Gasteiger partial charge >= 0.3 is 0 Å². The summed E-state index contributed by atoms with van der Waals surface area (Å²) in [6, 6.07) is 0. The number of rotatable bonds is 0. The Morgan fingerprint density at radius 3 is 2.90 bits per heavy atom. The van der Waals surface area contributed by atoms with Crippen molar-refractivity contribution >= 4 is 27.5 Å². The van der Waals surface area contributed by atoms with Gasteiger partial charge in [0.15, 0.2) is 0 Å². The third kappa shape index (κ3) is 1.26. The average molecular weight is 203 g/mol.